The summed E-state index contributed by atoms with van der Waals surface area (Å²) in [5.41, 5.74) is 3.81. The molecule has 0 aliphatic heterocycles. The summed E-state index contributed by atoms with van der Waals surface area (Å²) in [6, 6.07) is 4.04. The van der Waals surface area contributed by atoms with Crippen LogP contribution in [-0.2, 0) is 13.1 Å². The molecule has 2 aromatic rings. The van der Waals surface area contributed by atoms with Gasteiger partial charge in [0.15, 0.2) is 0 Å². The van der Waals surface area contributed by atoms with Crippen LogP contribution in [0.25, 0.3) is 0 Å². The van der Waals surface area contributed by atoms with E-state index in [1.54, 1.807) is 11.3 Å². The molecule has 2 rings (SSSR count). The highest BCUT2D eigenvalue weighted by Crippen LogP contribution is 2.13. The molecule has 4 heteroatoms. The molecule has 16 heavy (non-hydrogen) atoms. The number of hydrogen-bond donors (Lipinski definition) is 1. The van der Waals surface area contributed by atoms with Gasteiger partial charge in [0.1, 0.15) is 0 Å². The van der Waals surface area contributed by atoms with Crippen LogP contribution in [0.3, 0.4) is 0 Å². The van der Waals surface area contributed by atoms with Gasteiger partial charge in [-0.1, -0.05) is 0 Å². The molecule has 84 valence electrons. The average Bonchev–Trinajstić information content (AvgIpc) is 2.68. The highest BCUT2D eigenvalue weighted by Gasteiger charge is 1.99. The maximum absolute atomic E-state index is 4.31. The number of thiophene rings is 1. The summed E-state index contributed by atoms with van der Waals surface area (Å²) >= 11 is 5.13. The molecule has 0 radical (unpaired) electrons. The van der Waals surface area contributed by atoms with E-state index in [0.29, 0.717) is 0 Å². The summed E-state index contributed by atoms with van der Waals surface area (Å²) < 4.78 is 1.02. The molecular weight excluding hydrogens is 284 g/mol. The van der Waals surface area contributed by atoms with Gasteiger partial charge in [-0.25, -0.2) is 0 Å². The van der Waals surface area contributed by atoms with Crippen molar-refractivity contribution in [3.05, 3.63) is 50.4 Å². The molecular formula is C12H13BrN2S. The van der Waals surface area contributed by atoms with Crippen molar-refractivity contribution in [2.45, 2.75) is 20.0 Å². The zero-order valence-electron chi connectivity index (χ0n) is 9.03. The quantitative estimate of drug-likeness (QED) is 0.934. The van der Waals surface area contributed by atoms with E-state index in [1.165, 1.54) is 11.1 Å². The Morgan fingerprint density at radius 1 is 1.31 bits per heavy atom. The van der Waals surface area contributed by atoms with Gasteiger partial charge in [-0.05, 0) is 56.9 Å². The van der Waals surface area contributed by atoms with Crippen molar-refractivity contribution >= 4 is 27.3 Å². The van der Waals surface area contributed by atoms with E-state index in [-0.39, 0.29) is 0 Å². The average molecular weight is 297 g/mol. The summed E-state index contributed by atoms with van der Waals surface area (Å²) in [5.74, 6) is 0. The molecule has 0 unspecified atom stereocenters. The van der Waals surface area contributed by atoms with E-state index in [1.807, 2.05) is 18.3 Å². The number of rotatable bonds is 4. The first-order valence-electron chi connectivity index (χ1n) is 5.08. The van der Waals surface area contributed by atoms with Crippen LogP contribution in [0.5, 0.6) is 0 Å². The molecule has 0 aromatic carbocycles. The Balaban J connectivity index is 1.84. The molecule has 2 aromatic heterocycles. The number of aromatic nitrogens is 1. The highest BCUT2D eigenvalue weighted by molar-refractivity contribution is 9.10. The second-order valence-electron chi connectivity index (χ2n) is 3.65. The minimum absolute atomic E-state index is 0.808. The zero-order valence-corrected chi connectivity index (χ0v) is 11.4. The van der Waals surface area contributed by atoms with Crippen molar-refractivity contribution in [1.29, 1.82) is 0 Å². The Morgan fingerprint density at radius 2 is 2.19 bits per heavy atom. The Morgan fingerprint density at radius 3 is 2.81 bits per heavy atom. The van der Waals surface area contributed by atoms with Crippen molar-refractivity contribution in [2.75, 3.05) is 0 Å². The lowest BCUT2D eigenvalue weighted by Crippen LogP contribution is -2.13. The lowest BCUT2D eigenvalue weighted by molar-refractivity contribution is 0.678. The van der Waals surface area contributed by atoms with Gasteiger partial charge in [-0.15, -0.1) is 0 Å². The van der Waals surface area contributed by atoms with Gasteiger partial charge < -0.3 is 5.32 Å². The minimum atomic E-state index is 0.808. The van der Waals surface area contributed by atoms with E-state index < -0.39 is 0 Å². The molecule has 0 aliphatic carbocycles. The molecule has 0 saturated carbocycles. The van der Waals surface area contributed by atoms with Crippen LogP contribution < -0.4 is 5.32 Å². The fourth-order valence-corrected chi connectivity index (χ4v) is 2.50. The Kier molecular flexibility index (Phi) is 4.09. The Labute approximate surface area is 108 Å². The van der Waals surface area contributed by atoms with Gasteiger partial charge in [0.2, 0.25) is 0 Å². The molecule has 2 heterocycles. The number of aryl methyl sites for hydroxylation is 1. The molecule has 1 N–H and O–H groups in total. The number of nitrogens with one attached hydrogen (secondary N) is 1. The van der Waals surface area contributed by atoms with Crippen LogP contribution in [0.15, 0.2) is 33.6 Å². The third-order valence-corrected chi connectivity index (χ3v) is 3.75. The predicted octanol–water partition coefficient (Wildman–Crippen LogP) is 3.50. The molecule has 0 atom stereocenters. The van der Waals surface area contributed by atoms with Crippen molar-refractivity contribution in [3.63, 3.8) is 0 Å². The van der Waals surface area contributed by atoms with Gasteiger partial charge >= 0.3 is 0 Å². The first-order chi connectivity index (χ1) is 7.75. The topological polar surface area (TPSA) is 24.9 Å². The monoisotopic (exact) mass is 296 g/mol. The summed E-state index contributed by atoms with van der Waals surface area (Å²) in [6.07, 6.45) is 1.83. The molecule has 0 spiro atoms. The number of pyridine rings is 1. The van der Waals surface area contributed by atoms with Gasteiger partial charge in [0.25, 0.3) is 0 Å². The molecule has 0 bridgehead atoms. The van der Waals surface area contributed by atoms with E-state index >= 15 is 0 Å². The predicted molar refractivity (Wildman–Crippen MR) is 71.5 cm³/mol. The van der Waals surface area contributed by atoms with Gasteiger partial charge in [0.05, 0.1) is 5.69 Å². The molecule has 0 fully saturated rings. The lowest BCUT2D eigenvalue weighted by Gasteiger charge is -2.04. The molecule has 0 aliphatic rings. The second kappa shape index (κ2) is 5.57. The van der Waals surface area contributed by atoms with Crippen LogP contribution in [-0.4, -0.2) is 4.98 Å². The maximum atomic E-state index is 4.31. The first kappa shape index (κ1) is 11.8. The third kappa shape index (κ3) is 3.14. The Bertz CT molecular complexity index is 450. The lowest BCUT2D eigenvalue weighted by atomic mass is 10.2. The SMILES string of the molecule is Cc1cscc1CNCc1ccc(Br)cn1. The van der Waals surface area contributed by atoms with E-state index in [9.17, 15) is 0 Å². The van der Waals surface area contributed by atoms with Crippen molar-refractivity contribution in [2.24, 2.45) is 0 Å². The van der Waals surface area contributed by atoms with E-state index in [2.05, 4.69) is 43.9 Å². The molecule has 2 nitrogen and oxygen atoms in total. The number of halogens is 1. The summed E-state index contributed by atoms with van der Waals surface area (Å²) in [7, 11) is 0. The Hall–Kier alpha value is -0.710. The van der Waals surface area contributed by atoms with Crippen LogP contribution in [0.2, 0.25) is 0 Å². The number of hydrogen-bond acceptors (Lipinski definition) is 3. The van der Waals surface area contributed by atoms with Crippen LogP contribution in [0, 0.1) is 6.92 Å². The molecule has 0 amide bonds. The van der Waals surface area contributed by atoms with Crippen molar-refractivity contribution < 1.29 is 0 Å². The van der Waals surface area contributed by atoms with Crippen LogP contribution in [0.1, 0.15) is 16.8 Å². The van der Waals surface area contributed by atoms with Crippen molar-refractivity contribution in [1.82, 2.24) is 10.3 Å². The van der Waals surface area contributed by atoms with E-state index in [0.717, 1.165) is 23.3 Å². The highest BCUT2D eigenvalue weighted by atomic mass is 79.9. The third-order valence-electron chi connectivity index (χ3n) is 2.37. The van der Waals surface area contributed by atoms with Gasteiger partial charge in [-0.2, -0.15) is 11.3 Å². The fraction of sp³-hybridized carbons (Fsp3) is 0.250. The maximum Gasteiger partial charge on any atom is 0.0542 e. The van der Waals surface area contributed by atoms with Crippen LogP contribution in [0.4, 0.5) is 0 Å². The van der Waals surface area contributed by atoms with Crippen LogP contribution >= 0.6 is 27.3 Å². The molecule has 0 saturated heterocycles. The minimum Gasteiger partial charge on any atom is -0.307 e. The fourth-order valence-electron chi connectivity index (χ4n) is 1.40. The second-order valence-corrected chi connectivity index (χ2v) is 5.31. The zero-order chi connectivity index (χ0) is 11.4. The normalized spacial score (nSPS) is 10.6. The van der Waals surface area contributed by atoms with Gasteiger partial charge in [-0.3, -0.25) is 4.98 Å². The van der Waals surface area contributed by atoms with Gasteiger partial charge in [0, 0.05) is 23.8 Å². The standard InChI is InChI=1S/C12H13BrN2S/c1-9-7-16-8-10(9)4-14-6-12-3-2-11(13)5-15-12/h2-3,5,7-8,14H,4,6H2,1H3. The number of nitrogens with zero attached hydrogens (tertiary/aromatic N) is 1. The largest absolute Gasteiger partial charge is 0.307 e. The smallest absolute Gasteiger partial charge is 0.0542 e. The summed E-state index contributed by atoms with van der Waals surface area (Å²) in [6.45, 7) is 3.86. The van der Waals surface area contributed by atoms with E-state index in [4.69, 9.17) is 0 Å². The summed E-state index contributed by atoms with van der Waals surface area (Å²) in [5, 5.41) is 7.76. The summed E-state index contributed by atoms with van der Waals surface area (Å²) in [4.78, 5) is 4.31. The first-order valence-corrected chi connectivity index (χ1v) is 6.82. The van der Waals surface area contributed by atoms with Crippen molar-refractivity contribution in [3.8, 4) is 0 Å².